The Morgan fingerprint density at radius 1 is 1.40 bits per heavy atom. The lowest BCUT2D eigenvalue weighted by Crippen LogP contribution is -2.04. The zero-order valence-electron chi connectivity index (χ0n) is 11.1. The van der Waals surface area contributed by atoms with Gasteiger partial charge in [0, 0.05) is 17.2 Å². The highest BCUT2D eigenvalue weighted by atomic mass is 32.1. The second kappa shape index (κ2) is 5.19. The number of ketones is 1. The molecule has 102 valence electrons. The summed E-state index contributed by atoms with van der Waals surface area (Å²) < 4.78 is 5.60. The number of thiazole rings is 1. The maximum absolute atomic E-state index is 12.3. The molecule has 0 amide bonds. The minimum atomic E-state index is -0.182. The Hall–Kier alpha value is -1.98. The first-order valence-electron chi connectivity index (χ1n) is 6.37. The van der Waals surface area contributed by atoms with Gasteiger partial charge in [-0.3, -0.25) is 4.79 Å². The van der Waals surface area contributed by atoms with Crippen LogP contribution in [0.2, 0.25) is 0 Å². The number of hydrogen-bond acceptors (Lipinski definition) is 5. The van der Waals surface area contributed by atoms with Crippen LogP contribution in [-0.4, -0.2) is 17.3 Å². The van der Waals surface area contributed by atoms with E-state index in [1.54, 1.807) is 11.4 Å². The third-order valence-corrected chi connectivity index (χ3v) is 3.95. The van der Waals surface area contributed by atoms with Crippen LogP contribution in [0, 0.1) is 6.92 Å². The predicted molar refractivity (Wildman–Crippen MR) is 79.3 cm³/mol. The average molecular weight is 286 g/mol. The van der Waals surface area contributed by atoms with Crippen molar-refractivity contribution in [3.8, 4) is 0 Å². The summed E-state index contributed by atoms with van der Waals surface area (Å²) in [6.45, 7) is 2.54. The molecular weight excluding hydrogens is 272 g/mol. The SMILES string of the molecule is Cc1ccc2oc(C(=O)c3csc(CCN)n3)cc2c1. The van der Waals surface area contributed by atoms with Gasteiger partial charge in [0.15, 0.2) is 5.76 Å². The van der Waals surface area contributed by atoms with E-state index in [0.717, 1.165) is 21.5 Å². The Kier molecular flexibility index (Phi) is 3.38. The van der Waals surface area contributed by atoms with Crippen LogP contribution in [0.3, 0.4) is 0 Å². The van der Waals surface area contributed by atoms with Gasteiger partial charge in [-0.15, -0.1) is 11.3 Å². The summed E-state index contributed by atoms with van der Waals surface area (Å²) in [5.74, 6) is 0.147. The van der Waals surface area contributed by atoms with Gasteiger partial charge < -0.3 is 10.2 Å². The van der Waals surface area contributed by atoms with Crippen LogP contribution in [0.1, 0.15) is 26.8 Å². The van der Waals surface area contributed by atoms with Crippen molar-refractivity contribution in [1.29, 1.82) is 0 Å². The van der Waals surface area contributed by atoms with Crippen molar-refractivity contribution in [1.82, 2.24) is 4.98 Å². The molecule has 3 aromatic rings. The number of fused-ring (bicyclic) bond motifs is 1. The van der Waals surface area contributed by atoms with E-state index >= 15 is 0 Å². The van der Waals surface area contributed by atoms with Crippen LogP contribution in [0.4, 0.5) is 0 Å². The summed E-state index contributed by atoms with van der Waals surface area (Å²) in [5.41, 5.74) is 7.76. The zero-order valence-corrected chi connectivity index (χ0v) is 11.9. The van der Waals surface area contributed by atoms with Crippen LogP contribution >= 0.6 is 11.3 Å². The highest BCUT2D eigenvalue weighted by molar-refractivity contribution is 7.09. The molecule has 0 unspecified atom stereocenters. The average Bonchev–Trinajstić information content (AvgIpc) is 3.04. The number of nitrogens with zero attached hydrogens (tertiary/aromatic N) is 1. The van der Waals surface area contributed by atoms with Crippen molar-refractivity contribution in [2.24, 2.45) is 5.73 Å². The molecular formula is C15H14N2O2S. The second-order valence-electron chi connectivity index (χ2n) is 4.65. The van der Waals surface area contributed by atoms with Gasteiger partial charge in [-0.1, -0.05) is 11.6 Å². The first kappa shape index (κ1) is 13.0. The standard InChI is InChI=1S/C15H14N2O2S/c1-9-2-3-12-10(6-9)7-13(19-12)15(18)11-8-20-14(17-11)4-5-16/h2-3,6-8H,4-5,16H2,1H3. The highest BCUT2D eigenvalue weighted by Crippen LogP contribution is 2.23. The zero-order chi connectivity index (χ0) is 14.1. The third-order valence-electron chi connectivity index (χ3n) is 3.04. The number of hydrogen-bond donors (Lipinski definition) is 1. The molecule has 0 aliphatic heterocycles. The van der Waals surface area contributed by atoms with E-state index in [4.69, 9.17) is 10.2 Å². The van der Waals surface area contributed by atoms with Gasteiger partial charge in [-0.2, -0.15) is 0 Å². The molecule has 0 saturated heterocycles. The van der Waals surface area contributed by atoms with E-state index in [1.165, 1.54) is 11.3 Å². The molecule has 0 saturated carbocycles. The normalized spacial score (nSPS) is 11.1. The molecule has 3 rings (SSSR count). The van der Waals surface area contributed by atoms with E-state index in [2.05, 4.69) is 4.98 Å². The Balaban J connectivity index is 1.94. The van der Waals surface area contributed by atoms with Crippen molar-refractivity contribution >= 4 is 28.1 Å². The smallest absolute Gasteiger partial charge is 0.247 e. The number of furan rings is 1. The number of rotatable bonds is 4. The number of aromatic nitrogens is 1. The first-order valence-corrected chi connectivity index (χ1v) is 7.24. The van der Waals surface area contributed by atoms with Gasteiger partial charge in [-0.05, 0) is 31.7 Å². The van der Waals surface area contributed by atoms with Crippen LogP contribution in [-0.2, 0) is 6.42 Å². The first-order chi connectivity index (χ1) is 9.67. The molecule has 0 fully saturated rings. The fourth-order valence-corrected chi connectivity index (χ4v) is 2.85. The Morgan fingerprint density at radius 2 is 2.25 bits per heavy atom. The van der Waals surface area contributed by atoms with Crippen LogP contribution in [0.15, 0.2) is 34.1 Å². The van der Waals surface area contributed by atoms with Gasteiger partial charge in [0.05, 0.1) is 5.01 Å². The van der Waals surface area contributed by atoms with E-state index in [1.807, 2.05) is 25.1 Å². The molecule has 0 bridgehead atoms. The van der Waals surface area contributed by atoms with Crippen LogP contribution < -0.4 is 5.73 Å². The summed E-state index contributed by atoms with van der Waals surface area (Å²) in [4.78, 5) is 16.6. The molecule has 0 aliphatic rings. The summed E-state index contributed by atoms with van der Waals surface area (Å²) in [6, 6.07) is 7.60. The molecule has 0 radical (unpaired) electrons. The molecule has 20 heavy (non-hydrogen) atoms. The van der Waals surface area contributed by atoms with Crippen molar-refractivity contribution in [3.63, 3.8) is 0 Å². The van der Waals surface area contributed by atoms with Gasteiger partial charge in [0.1, 0.15) is 11.3 Å². The lowest BCUT2D eigenvalue weighted by Gasteiger charge is -1.91. The fraction of sp³-hybridized carbons (Fsp3) is 0.200. The molecule has 2 aromatic heterocycles. The maximum Gasteiger partial charge on any atom is 0.247 e. The van der Waals surface area contributed by atoms with E-state index < -0.39 is 0 Å². The van der Waals surface area contributed by atoms with Crippen LogP contribution in [0.5, 0.6) is 0 Å². The quantitative estimate of drug-likeness (QED) is 0.749. The predicted octanol–water partition coefficient (Wildman–Crippen LogP) is 2.93. The minimum absolute atomic E-state index is 0.182. The van der Waals surface area contributed by atoms with Crippen molar-refractivity contribution in [2.45, 2.75) is 13.3 Å². The van der Waals surface area contributed by atoms with Crippen molar-refractivity contribution in [3.05, 3.63) is 51.7 Å². The minimum Gasteiger partial charge on any atom is -0.453 e. The maximum atomic E-state index is 12.3. The molecule has 0 spiro atoms. The highest BCUT2D eigenvalue weighted by Gasteiger charge is 2.17. The number of aryl methyl sites for hydroxylation is 1. The number of benzene rings is 1. The Labute approximate surface area is 120 Å². The summed E-state index contributed by atoms with van der Waals surface area (Å²) in [5, 5.41) is 3.57. The third kappa shape index (κ3) is 2.37. The van der Waals surface area contributed by atoms with Gasteiger partial charge in [-0.25, -0.2) is 4.98 Å². The van der Waals surface area contributed by atoms with Gasteiger partial charge in [0.25, 0.3) is 0 Å². The Morgan fingerprint density at radius 3 is 3.05 bits per heavy atom. The number of carbonyl (C=O) groups excluding carboxylic acids is 1. The van der Waals surface area contributed by atoms with Crippen LogP contribution in [0.25, 0.3) is 11.0 Å². The molecule has 0 aliphatic carbocycles. The molecule has 2 N–H and O–H groups in total. The molecule has 1 aromatic carbocycles. The van der Waals surface area contributed by atoms with Gasteiger partial charge in [0.2, 0.25) is 5.78 Å². The molecule has 0 atom stereocenters. The second-order valence-corrected chi connectivity index (χ2v) is 5.59. The lowest BCUT2D eigenvalue weighted by molar-refractivity contribution is 0.101. The Bertz CT molecular complexity index is 773. The van der Waals surface area contributed by atoms with E-state index in [-0.39, 0.29) is 5.78 Å². The topological polar surface area (TPSA) is 69.1 Å². The van der Waals surface area contributed by atoms with E-state index in [0.29, 0.717) is 24.4 Å². The van der Waals surface area contributed by atoms with E-state index in [9.17, 15) is 4.79 Å². The summed E-state index contributed by atoms with van der Waals surface area (Å²) in [6.07, 6.45) is 0.692. The molecule has 5 heteroatoms. The fourth-order valence-electron chi connectivity index (χ4n) is 2.05. The van der Waals surface area contributed by atoms with Crippen molar-refractivity contribution < 1.29 is 9.21 Å². The lowest BCUT2D eigenvalue weighted by atomic mass is 10.1. The monoisotopic (exact) mass is 286 g/mol. The van der Waals surface area contributed by atoms with Gasteiger partial charge >= 0.3 is 0 Å². The molecule has 2 heterocycles. The summed E-state index contributed by atoms with van der Waals surface area (Å²) in [7, 11) is 0. The van der Waals surface area contributed by atoms with Crippen molar-refractivity contribution in [2.75, 3.05) is 6.54 Å². The number of carbonyl (C=O) groups is 1. The number of nitrogens with two attached hydrogens (primary N) is 1. The summed E-state index contributed by atoms with van der Waals surface area (Å²) >= 11 is 1.45. The largest absolute Gasteiger partial charge is 0.453 e. The molecule has 4 nitrogen and oxygen atoms in total.